The predicted molar refractivity (Wildman–Crippen MR) is 125 cm³/mol. The molecule has 0 fully saturated rings. The molecule has 0 unspecified atom stereocenters. The van der Waals surface area contributed by atoms with Gasteiger partial charge in [-0.15, -0.1) is 0 Å². The molecule has 1 atom stereocenters. The molecule has 0 bridgehead atoms. The summed E-state index contributed by atoms with van der Waals surface area (Å²) in [5, 5.41) is 16.6. The molecule has 33 heavy (non-hydrogen) atoms. The number of hydrogen-bond acceptors (Lipinski definition) is 8. The molecule has 2 heterocycles. The van der Waals surface area contributed by atoms with Crippen molar-refractivity contribution in [2.75, 3.05) is 24.7 Å². The van der Waals surface area contributed by atoms with Crippen LogP contribution in [0.15, 0.2) is 32.3 Å². The number of furan rings is 1. The maximum atomic E-state index is 12.5. The lowest BCUT2D eigenvalue weighted by Gasteiger charge is -2.38. The molecule has 4 rings (SSSR count). The Morgan fingerprint density at radius 2 is 1.97 bits per heavy atom. The Labute approximate surface area is 191 Å². The molecule has 1 amide bonds. The van der Waals surface area contributed by atoms with Crippen molar-refractivity contribution in [2.45, 2.75) is 46.1 Å². The van der Waals surface area contributed by atoms with Gasteiger partial charge in [0.2, 0.25) is 0 Å². The van der Waals surface area contributed by atoms with E-state index in [1.165, 1.54) is 17.2 Å². The number of aromatic nitrogens is 1. The number of nitrogens with one attached hydrogen (secondary N) is 2. The summed E-state index contributed by atoms with van der Waals surface area (Å²) < 4.78 is 6.08. The maximum absolute atomic E-state index is 12.5. The van der Waals surface area contributed by atoms with Crippen molar-refractivity contribution in [3.63, 3.8) is 0 Å². The number of pyridine rings is 1. The minimum Gasteiger partial charge on any atom is -0.504 e. The molecule has 1 aromatic carbocycles. The smallest absolute Gasteiger partial charge is 0.275 e. The van der Waals surface area contributed by atoms with E-state index in [1.54, 1.807) is 14.1 Å². The van der Waals surface area contributed by atoms with Crippen LogP contribution in [0.3, 0.4) is 0 Å². The van der Waals surface area contributed by atoms with Crippen molar-refractivity contribution < 1.29 is 14.3 Å². The van der Waals surface area contributed by atoms with Gasteiger partial charge in [-0.05, 0) is 36.0 Å². The molecular formula is C24H28N4O5. The first-order chi connectivity index (χ1) is 15.5. The number of hydrogen-bond donors (Lipinski definition) is 3. The second-order valence-electron chi connectivity index (χ2n) is 9.31. The zero-order valence-corrected chi connectivity index (χ0v) is 19.4. The van der Waals surface area contributed by atoms with Crippen LogP contribution in [0.4, 0.5) is 17.1 Å². The van der Waals surface area contributed by atoms with Crippen molar-refractivity contribution in [3.8, 4) is 5.75 Å². The topological polar surface area (TPSA) is 125 Å². The SMILES string of the molecule is CCc1cc2c(o1)[C@H](Nc1c(Nc3ccnc(C(=O)N(C)C)c3O)c(=O)c1=O)C(C)(C)CC2. The average molecular weight is 453 g/mol. The Morgan fingerprint density at radius 3 is 2.64 bits per heavy atom. The van der Waals surface area contributed by atoms with Crippen LogP contribution in [-0.4, -0.2) is 35.0 Å². The molecule has 3 aromatic rings. The number of anilines is 3. The minimum absolute atomic E-state index is 0.0370. The molecule has 0 aliphatic heterocycles. The number of rotatable bonds is 6. The van der Waals surface area contributed by atoms with Gasteiger partial charge < -0.3 is 25.1 Å². The molecule has 2 aromatic heterocycles. The van der Waals surface area contributed by atoms with E-state index < -0.39 is 22.5 Å². The van der Waals surface area contributed by atoms with E-state index >= 15 is 0 Å². The molecule has 0 spiro atoms. The summed E-state index contributed by atoms with van der Waals surface area (Å²) in [5.74, 6) is 0.787. The van der Waals surface area contributed by atoms with Crippen molar-refractivity contribution in [1.29, 1.82) is 0 Å². The minimum atomic E-state index is -0.697. The van der Waals surface area contributed by atoms with Crippen LogP contribution >= 0.6 is 0 Å². The molecule has 9 nitrogen and oxygen atoms in total. The maximum Gasteiger partial charge on any atom is 0.275 e. The van der Waals surface area contributed by atoms with E-state index in [9.17, 15) is 19.5 Å². The second kappa shape index (κ2) is 8.06. The highest BCUT2D eigenvalue weighted by Gasteiger charge is 2.40. The molecule has 0 radical (unpaired) electrons. The van der Waals surface area contributed by atoms with Gasteiger partial charge >= 0.3 is 0 Å². The Hall–Kier alpha value is -3.62. The first kappa shape index (κ1) is 22.6. The van der Waals surface area contributed by atoms with Gasteiger partial charge in [0.1, 0.15) is 22.9 Å². The summed E-state index contributed by atoms with van der Waals surface area (Å²) in [6.45, 7) is 6.20. The van der Waals surface area contributed by atoms with Crippen LogP contribution < -0.4 is 21.5 Å². The number of aryl methyl sites for hydroxylation is 2. The fourth-order valence-corrected chi connectivity index (χ4v) is 4.18. The van der Waals surface area contributed by atoms with Crippen LogP contribution in [-0.2, 0) is 12.8 Å². The van der Waals surface area contributed by atoms with Crippen molar-refractivity contribution in [1.82, 2.24) is 9.88 Å². The monoisotopic (exact) mass is 452 g/mol. The quantitative estimate of drug-likeness (QED) is 0.487. The van der Waals surface area contributed by atoms with Gasteiger partial charge in [0.05, 0.1) is 11.7 Å². The zero-order chi connectivity index (χ0) is 24.1. The summed E-state index contributed by atoms with van der Waals surface area (Å²) in [6, 6.07) is 3.19. The molecule has 1 aliphatic carbocycles. The highest BCUT2D eigenvalue weighted by atomic mass is 16.3. The highest BCUT2D eigenvalue weighted by Crippen LogP contribution is 2.47. The third kappa shape index (κ3) is 3.77. The number of aromatic hydroxyl groups is 1. The summed E-state index contributed by atoms with van der Waals surface area (Å²) in [7, 11) is 3.09. The van der Waals surface area contributed by atoms with E-state index in [2.05, 4.69) is 35.5 Å². The molecule has 1 aliphatic rings. The molecule has 3 N–H and O–H groups in total. The third-order valence-corrected chi connectivity index (χ3v) is 6.32. The molecule has 0 saturated heterocycles. The van der Waals surface area contributed by atoms with Gasteiger partial charge in [-0.1, -0.05) is 20.8 Å². The van der Waals surface area contributed by atoms with Crippen molar-refractivity contribution in [2.24, 2.45) is 5.41 Å². The summed E-state index contributed by atoms with van der Waals surface area (Å²) in [5.41, 5.74) is -0.323. The normalized spacial score (nSPS) is 16.9. The van der Waals surface area contributed by atoms with Gasteiger partial charge in [-0.2, -0.15) is 0 Å². The summed E-state index contributed by atoms with van der Waals surface area (Å²) in [4.78, 5) is 42.4. The summed E-state index contributed by atoms with van der Waals surface area (Å²) in [6.07, 6.45) is 3.89. The largest absolute Gasteiger partial charge is 0.504 e. The first-order valence-corrected chi connectivity index (χ1v) is 10.9. The Kier molecular flexibility index (Phi) is 5.51. The molecule has 9 heteroatoms. The zero-order valence-electron chi connectivity index (χ0n) is 19.4. The predicted octanol–water partition coefficient (Wildman–Crippen LogP) is 3.11. The highest BCUT2D eigenvalue weighted by molar-refractivity contribution is 5.97. The van der Waals surface area contributed by atoms with Gasteiger partial charge in [0, 0.05) is 26.7 Å². The van der Waals surface area contributed by atoms with E-state index in [0.29, 0.717) is 0 Å². The molecule has 0 saturated carbocycles. The number of amides is 1. The Bertz CT molecular complexity index is 1300. The van der Waals surface area contributed by atoms with E-state index in [1.807, 2.05) is 6.92 Å². The number of carbonyl (C=O) groups is 1. The van der Waals surface area contributed by atoms with Gasteiger partial charge in [0.15, 0.2) is 11.4 Å². The van der Waals surface area contributed by atoms with E-state index in [0.717, 1.165) is 36.3 Å². The van der Waals surface area contributed by atoms with Crippen molar-refractivity contribution >= 4 is 23.0 Å². The number of nitrogens with zero attached hydrogens (tertiary/aromatic N) is 2. The number of carbonyl (C=O) groups excluding carboxylic acids is 1. The van der Waals surface area contributed by atoms with Crippen molar-refractivity contribution in [3.05, 3.63) is 61.6 Å². The van der Waals surface area contributed by atoms with Gasteiger partial charge in [-0.25, -0.2) is 4.98 Å². The van der Waals surface area contributed by atoms with Crippen LogP contribution in [0.1, 0.15) is 60.8 Å². The van der Waals surface area contributed by atoms with Gasteiger partial charge in [-0.3, -0.25) is 14.4 Å². The average Bonchev–Trinajstić information content (AvgIpc) is 3.20. The van der Waals surface area contributed by atoms with E-state index in [-0.39, 0.29) is 34.2 Å². The number of fused-ring (bicyclic) bond motifs is 1. The standard InChI is InChI=1S/C24H28N4O5/c1-6-13-11-12-7-9-24(2,3)22(21(12)33-13)27-16-15(19(30)20(16)31)26-14-8-10-25-17(18(14)29)23(32)28(4)5/h8,10-11,22,27,29H,6-7,9H2,1-5H3,(H,25,26)/t22-/m0/s1. The van der Waals surface area contributed by atoms with Crippen LogP contribution in [0, 0.1) is 5.41 Å². The fraction of sp³-hybridized carbons (Fsp3) is 0.417. The van der Waals surface area contributed by atoms with Crippen LogP contribution in [0.5, 0.6) is 5.75 Å². The first-order valence-electron chi connectivity index (χ1n) is 10.9. The Morgan fingerprint density at radius 1 is 1.27 bits per heavy atom. The molecular weight excluding hydrogens is 424 g/mol. The molecule has 174 valence electrons. The van der Waals surface area contributed by atoms with E-state index in [4.69, 9.17) is 4.42 Å². The third-order valence-electron chi connectivity index (χ3n) is 6.32. The second-order valence-corrected chi connectivity index (χ2v) is 9.31. The fourth-order valence-electron chi connectivity index (χ4n) is 4.18. The van der Waals surface area contributed by atoms with Crippen LogP contribution in [0.2, 0.25) is 0 Å². The Balaban J connectivity index is 1.68. The van der Waals surface area contributed by atoms with Crippen LogP contribution in [0.25, 0.3) is 0 Å². The lowest BCUT2D eigenvalue weighted by molar-refractivity contribution is 0.0819. The summed E-state index contributed by atoms with van der Waals surface area (Å²) >= 11 is 0. The van der Waals surface area contributed by atoms with Gasteiger partial charge in [0.25, 0.3) is 16.8 Å². The lowest BCUT2D eigenvalue weighted by Crippen LogP contribution is -2.41. The lowest BCUT2D eigenvalue weighted by atomic mass is 9.73.